The second-order valence-corrected chi connectivity index (χ2v) is 5.39. The number of aryl methyl sites for hydroxylation is 1. The van der Waals surface area contributed by atoms with Gasteiger partial charge in [-0.1, -0.05) is 0 Å². The molecule has 0 atom stereocenters. The smallest absolute Gasteiger partial charge is 0.433 e. The van der Waals surface area contributed by atoms with Gasteiger partial charge in [-0.3, -0.25) is 10.1 Å². The Labute approximate surface area is 142 Å². The van der Waals surface area contributed by atoms with E-state index in [0.717, 1.165) is 0 Å². The first-order valence-electron chi connectivity index (χ1n) is 7.04. The number of rotatable bonds is 3. The van der Waals surface area contributed by atoms with Crippen LogP contribution in [0.2, 0.25) is 0 Å². The topological polar surface area (TPSA) is 111 Å². The molecule has 0 aliphatic carbocycles. The minimum Gasteiger partial charge on any atom is -0.477 e. The predicted molar refractivity (Wildman–Crippen MR) is 81.8 cm³/mol. The van der Waals surface area contributed by atoms with Crippen LogP contribution in [0.25, 0.3) is 16.9 Å². The van der Waals surface area contributed by atoms with Crippen LogP contribution in [0.1, 0.15) is 21.7 Å². The molecule has 0 spiro atoms. The molecule has 2 heterocycles. The van der Waals surface area contributed by atoms with Crippen LogP contribution < -0.4 is 0 Å². The Kier molecular flexibility index (Phi) is 3.86. The van der Waals surface area contributed by atoms with E-state index < -0.39 is 28.5 Å². The number of carboxylic acid groups (broad SMARTS) is 1. The lowest BCUT2D eigenvalue weighted by atomic mass is 10.1. The Hall–Kier alpha value is -3.50. The molecule has 1 aromatic carbocycles. The van der Waals surface area contributed by atoms with Crippen molar-refractivity contribution in [2.24, 2.45) is 0 Å². The summed E-state index contributed by atoms with van der Waals surface area (Å²) in [7, 11) is 0. The van der Waals surface area contributed by atoms with Gasteiger partial charge in [0.15, 0.2) is 17.0 Å². The number of nitrogens with zero attached hydrogens (tertiary/aromatic N) is 4. The molecular weight excluding hydrogens is 357 g/mol. The highest BCUT2D eigenvalue weighted by molar-refractivity contribution is 5.86. The standard InChI is InChI=1S/C15H9F3N4O4/c1-7-4-8(22(25)26)2-3-9(7)10-6-13-19-11(14(23)24)5-12(15(16,17)18)21(13)20-10/h2-6H,1H3,(H,23,24). The van der Waals surface area contributed by atoms with Gasteiger partial charge in [0.2, 0.25) is 0 Å². The molecule has 0 saturated heterocycles. The Balaban J connectivity index is 2.24. The number of carboxylic acids is 1. The molecule has 1 N–H and O–H groups in total. The zero-order valence-corrected chi connectivity index (χ0v) is 13.0. The fraction of sp³-hybridized carbons (Fsp3) is 0.133. The summed E-state index contributed by atoms with van der Waals surface area (Å²) in [4.78, 5) is 24.9. The highest BCUT2D eigenvalue weighted by atomic mass is 19.4. The SMILES string of the molecule is Cc1cc([N+](=O)[O-])ccc1-c1cc2nc(C(=O)O)cc(C(F)(F)F)n2n1. The Morgan fingerprint density at radius 2 is 1.96 bits per heavy atom. The molecule has 0 aliphatic heterocycles. The van der Waals surface area contributed by atoms with Crippen molar-refractivity contribution in [2.75, 3.05) is 0 Å². The number of hydrogen-bond donors (Lipinski definition) is 1. The van der Waals surface area contributed by atoms with Gasteiger partial charge < -0.3 is 5.11 Å². The molecule has 134 valence electrons. The van der Waals surface area contributed by atoms with Gasteiger partial charge >= 0.3 is 12.1 Å². The van der Waals surface area contributed by atoms with E-state index in [1.54, 1.807) is 6.92 Å². The number of benzene rings is 1. The van der Waals surface area contributed by atoms with Crippen LogP contribution in [-0.4, -0.2) is 30.6 Å². The zero-order chi connectivity index (χ0) is 19.2. The summed E-state index contributed by atoms with van der Waals surface area (Å²) in [6.45, 7) is 1.55. The predicted octanol–water partition coefficient (Wildman–Crippen LogP) is 3.33. The molecule has 2 aromatic heterocycles. The Morgan fingerprint density at radius 1 is 1.27 bits per heavy atom. The molecule has 11 heteroatoms. The fourth-order valence-corrected chi connectivity index (χ4v) is 2.47. The second-order valence-electron chi connectivity index (χ2n) is 5.39. The number of carbonyl (C=O) groups is 1. The quantitative estimate of drug-likeness (QED) is 0.562. The molecule has 0 bridgehead atoms. The highest BCUT2D eigenvalue weighted by Gasteiger charge is 2.36. The van der Waals surface area contributed by atoms with Gasteiger partial charge in [-0.2, -0.15) is 18.3 Å². The molecule has 0 aliphatic rings. The zero-order valence-electron chi connectivity index (χ0n) is 13.0. The lowest BCUT2D eigenvalue weighted by Gasteiger charge is -2.09. The molecule has 3 rings (SSSR count). The minimum absolute atomic E-state index is 0.0814. The fourth-order valence-electron chi connectivity index (χ4n) is 2.47. The highest BCUT2D eigenvalue weighted by Crippen LogP contribution is 2.32. The normalized spacial score (nSPS) is 11.7. The first kappa shape index (κ1) is 17.3. The number of fused-ring (bicyclic) bond motifs is 1. The molecule has 0 amide bonds. The van der Waals surface area contributed by atoms with E-state index in [0.29, 0.717) is 21.7 Å². The molecular formula is C15H9F3N4O4. The van der Waals surface area contributed by atoms with Gasteiger partial charge in [-0.15, -0.1) is 0 Å². The van der Waals surface area contributed by atoms with Crippen LogP contribution in [-0.2, 0) is 6.18 Å². The van der Waals surface area contributed by atoms with Crippen LogP contribution in [0, 0.1) is 17.0 Å². The van der Waals surface area contributed by atoms with Crippen LogP contribution in [0.15, 0.2) is 30.3 Å². The molecule has 0 radical (unpaired) electrons. The number of hydrogen-bond acceptors (Lipinski definition) is 5. The van der Waals surface area contributed by atoms with Crippen LogP contribution in [0.5, 0.6) is 0 Å². The molecule has 26 heavy (non-hydrogen) atoms. The molecule has 0 saturated carbocycles. The summed E-state index contributed by atoms with van der Waals surface area (Å²) in [5.74, 6) is -1.60. The van der Waals surface area contributed by atoms with Crippen molar-refractivity contribution < 1.29 is 28.0 Å². The van der Waals surface area contributed by atoms with Crippen LogP contribution in [0.4, 0.5) is 18.9 Å². The largest absolute Gasteiger partial charge is 0.477 e. The Morgan fingerprint density at radius 3 is 2.50 bits per heavy atom. The lowest BCUT2D eigenvalue weighted by Crippen LogP contribution is -2.16. The van der Waals surface area contributed by atoms with Crippen molar-refractivity contribution >= 4 is 17.3 Å². The third-order valence-corrected chi connectivity index (χ3v) is 3.63. The molecule has 3 aromatic rings. The van der Waals surface area contributed by atoms with Crippen molar-refractivity contribution in [3.05, 3.63) is 57.4 Å². The van der Waals surface area contributed by atoms with E-state index in [4.69, 9.17) is 5.11 Å². The van der Waals surface area contributed by atoms with Crippen LogP contribution >= 0.6 is 0 Å². The average Bonchev–Trinajstić information content (AvgIpc) is 2.95. The first-order chi connectivity index (χ1) is 12.1. The number of nitro benzene ring substituents is 1. The van der Waals surface area contributed by atoms with Gasteiger partial charge in [0.1, 0.15) is 0 Å². The number of nitro groups is 1. The van der Waals surface area contributed by atoms with Crippen molar-refractivity contribution in [3.8, 4) is 11.3 Å². The van der Waals surface area contributed by atoms with E-state index in [9.17, 15) is 28.1 Å². The minimum atomic E-state index is -4.85. The van der Waals surface area contributed by atoms with E-state index >= 15 is 0 Å². The molecule has 8 nitrogen and oxygen atoms in total. The van der Waals surface area contributed by atoms with Crippen molar-refractivity contribution in [1.29, 1.82) is 0 Å². The lowest BCUT2D eigenvalue weighted by molar-refractivity contribution is -0.384. The second kappa shape index (κ2) is 5.79. The van der Waals surface area contributed by atoms with Crippen molar-refractivity contribution in [3.63, 3.8) is 0 Å². The maximum absolute atomic E-state index is 13.2. The summed E-state index contributed by atoms with van der Waals surface area (Å²) in [6.07, 6.45) is -4.85. The summed E-state index contributed by atoms with van der Waals surface area (Å²) in [5.41, 5.74) is -1.65. The summed E-state index contributed by atoms with van der Waals surface area (Å²) < 4.78 is 40.2. The summed E-state index contributed by atoms with van der Waals surface area (Å²) >= 11 is 0. The van der Waals surface area contributed by atoms with Gasteiger partial charge in [0, 0.05) is 29.8 Å². The van der Waals surface area contributed by atoms with E-state index in [2.05, 4.69) is 10.1 Å². The van der Waals surface area contributed by atoms with Gasteiger partial charge in [-0.25, -0.2) is 14.3 Å². The summed E-state index contributed by atoms with van der Waals surface area (Å²) in [6, 6.07) is 5.42. The number of aromatic nitrogens is 3. The van der Waals surface area contributed by atoms with Crippen LogP contribution in [0.3, 0.4) is 0 Å². The molecule has 0 fully saturated rings. The van der Waals surface area contributed by atoms with Crippen molar-refractivity contribution in [1.82, 2.24) is 14.6 Å². The van der Waals surface area contributed by atoms with Gasteiger partial charge in [0.05, 0.1) is 10.6 Å². The third-order valence-electron chi connectivity index (χ3n) is 3.63. The maximum atomic E-state index is 13.2. The van der Waals surface area contributed by atoms with E-state index in [1.807, 2.05) is 0 Å². The summed E-state index contributed by atoms with van der Waals surface area (Å²) in [5, 5.41) is 23.6. The maximum Gasteiger partial charge on any atom is 0.433 e. The average molecular weight is 366 g/mol. The Bertz CT molecular complexity index is 1060. The number of non-ortho nitro benzene ring substituents is 1. The first-order valence-corrected chi connectivity index (χ1v) is 7.04. The number of alkyl halides is 3. The van der Waals surface area contributed by atoms with Gasteiger partial charge in [-0.05, 0) is 18.6 Å². The molecule has 0 unspecified atom stereocenters. The van der Waals surface area contributed by atoms with E-state index in [1.165, 1.54) is 24.3 Å². The van der Waals surface area contributed by atoms with Crippen molar-refractivity contribution in [2.45, 2.75) is 13.1 Å². The monoisotopic (exact) mass is 366 g/mol. The number of aromatic carboxylic acids is 1. The third kappa shape index (κ3) is 2.94. The number of halogens is 3. The van der Waals surface area contributed by atoms with E-state index in [-0.39, 0.29) is 17.0 Å². The van der Waals surface area contributed by atoms with Gasteiger partial charge in [0.25, 0.3) is 5.69 Å².